The molecule has 0 aromatic heterocycles. The Hall–Kier alpha value is -1.59. The first kappa shape index (κ1) is 17.5. The molecule has 1 amide bonds. The molecule has 1 rings (SSSR count). The molecule has 0 spiro atoms. The van der Waals surface area contributed by atoms with Crippen LogP contribution in [0.25, 0.3) is 0 Å². The van der Waals surface area contributed by atoms with Crippen LogP contribution in [0.3, 0.4) is 0 Å². The summed E-state index contributed by atoms with van der Waals surface area (Å²) in [5.41, 5.74) is 6.12. The number of aromatic carboxylic acids is 1. The number of nitrogens with one attached hydrogen (secondary N) is 1. The minimum absolute atomic E-state index is 0.000248. The second-order valence-electron chi connectivity index (χ2n) is 6.19. The molecule has 0 heterocycles. The minimum atomic E-state index is -1.11. The predicted molar refractivity (Wildman–Crippen MR) is 83.7 cm³/mol. The van der Waals surface area contributed by atoms with Gasteiger partial charge in [0.2, 0.25) is 5.91 Å². The number of carbonyl (C=O) groups is 2. The molecule has 0 radical (unpaired) electrons. The number of halogens is 1. The highest BCUT2D eigenvalue weighted by Gasteiger charge is 2.24. The molecule has 0 aliphatic carbocycles. The third-order valence-corrected chi connectivity index (χ3v) is 3.29. The molecule has 4 N–H and O–H groups in total. The number of carboxylic acids is 1. The van der Waals surface area contributed by atoms with E-state index in [1.54, 1.807) is 0 Å². The summed E-state index contributed by atoms with van der Waals surface area (Å²) in [6.45, 7) is 6.38. The van der Waals surface area contributed by atoms with Gasteiger partial charge in [-0.2, -0.15) is 0 Å². The second kappa shape index (κ2) is 6.91. The van der Waals surface area contributed by atoms with Crippen LogP contribution < -0.4 is 11.1 Å². The van der Waals surface area contributed by atoms with Gasteiger partial charge in [0.05, 0.1) is 16.5 Å². The molecular formula is C15H21ClN2O3. The van der Waals surface area contributed by atoms with Crippen LogP contribution >= 0.6 is 11.6 Å². The summed E-state index contributed by atoms with van der Waals surface area (Å²) in [5, 5.41) is 11.7. The van der Waals surface area contributed by atoms with E-state index in [1.165, 1.54) is 18.2 Å². The maximum Gasteiger partial charge on any atom is 0.337 e. The molecule has 21 heavy (non-hydrogen) atoms. The zero-order chi connectivity index (χ0) is 16.2. The highest BCUT2D eigenvalue weighted by atomic mass is 35.5. The Kier molecular flexibility index (Phi) is 5.75. The van der Waals surface area contributed by atoms with Gasteiger partial charge in [0.1, 0.15) is 0 Å². The third kappa shape index (κ3) is 5.36. The lowest BCUT2D eigenvalue weighted by Gasteiger charge is -2.24. The van der Waals surface area contributed by atoms with Crippen LogP contribution in [0.1, 0.15) is 37.6 Å². The maximum atomic E-state index is 12.2. The first-order valence-electron chi connectivity index (χ1n) is 6.68. The number of carboxylic acid groups (broad SMARTS) is 1. The van der Waals surface area contributed by atoms with E-state index in [4.69, 9.17) is 22.4 Å². The molecule has 6 heteroatoms. The van der Waals surface area contributed by atoms with Gasteiger partial charge >= 0.3 is 5.97 Å². The van der Waals surface area contributed by atoms with E-state index in [9.17, 15) is 9.59 Å². The summed E-state index contributed by atoms with van der Waals surface area (Å²) in [6.07, 6.45) is 0.663. The number of carbonyl (C=O) groups excluding carboxylic acids is 1. The minimum Gasteiger partial charge on any atom is -0.478 e. The van der Waals surface area contributed by atoms with Crippen LogP contribution in [0.4, 0.5) is 5.69 Å². The number of hydrogen-bond donors (Lipinski definition) is 3. The van der Waals surface area contributed by atoms with Gasteiger partial charge in [-0.3, -0.25) is 4.79 Å². The molecule has 0 bridgehead atoms. The molecule has 0 aliphatic rings. The summed E-state index contributed by atoms with van der Waals surface area (Å²) in [7, 11) is 0. The number of hydrogen-bond acceptors (Lipinski definition) is 3. The van der Waals surface area contributed by atoms with Gasteiger partial charge in [0.15, 0.2) is 0 Å². The number of nitrogens with two attached hydrogens (primary N) is 1. The molecule has 5 nitrogen and oxygen atoms in total. The Morgan fingerprint density at radius 3 is 2.43 bits per heavy atom. The molecule has 1 atom stereocenters. The fourth-order valence-electron chi connectivity index (χ4n) is 2.03. The van der Waals surface area contributed by atoms with E-state index in [-0.39, 0.29) is 34.4 Å². The van der Waals surface area contributed by atoms with Gasteiger partial charge in [0.25, 0.3) is 0 Å². The molecule has 0 aliphatic heterocycles. The SMILES string of the molecule is CC(C)(C)CC(CN)C(=O)Nc1ccc(C(=O)O)c(Cl)c1. The predicted octanol–water partition coefficient (Wildman–Crippen LogP) is 2.99. The van der Waals surface area contributed by atoms with Crippen LogP contribution in [0.5, 0.6) is 0 Å². The quantitative estimate of drug-likeness (QED) is 0.779. The molecule has 0 saturated carbocycles. The topological polar surface area (TPSA) is 92.4 Å². The Morgan fingerprint density at radius 2 is 2.00 bits per heavy atom. The van der Waals surface area contributed by atoms with Gasteiger partial charge < -0.3 is 16.2 Å². The van der Waals surface area contributed by atoms with Gasteiger partial charge in [-0.15, -0.1) is 0 Å². The lowest BCUT2D eigenvalue weighted by molar-refractivity contribution is -0.120. The fourth-order valence-corrected chi connectivity index (χ4v) is 2.29. The first-order valence-corrected chi connectivity index (χ1v) is 7.05. The number of anilines is 1. The Morgan fingerprint density at radius 1 is 1.38 bits per heavy atom. The van der Waals surface area contributed by atoms with E-state index in [2.05, 4.69) is 5.32 Å². The van der Waals surface area contributed by atoms with Crippen LogP contribution in [-0.4, -0.2) is 23.5 Å². The Balaban J connectivity index is 2.82. The molecule has 1 aromatic rings. The maximum absolute atomic E-state index is 12.2. The van der Waals surface area contributed by atoms with Gasteiger partial charge in [0, 0.05) is 12.2 Å². The van der Waals surface area contributed by atoms with Crippen molar-refractivity contribution < 1.29 is 14.7 Å². The molecule has 1 unspecified atom stereocenters. The number of rotatable bonds is 5. The molecular weight excluding hydrogens is 292 g/mol. The van der Waals surface area contributed by atoms with Crippen molar-refractivity contribution in [1.82, 2.24) is 0 Å². The molecule has 0 fully saturated rings. The average molecular weight is 313 g/mol. The van der Waals surface area contributed by atoms with E-state index < -0.39 is 5.97 Å². The molecule has 116 valence electrons. The normalized spacial score (nSPS) is 12.8. The summed E-state index contributed by atoms with van der Waals surface area (Å²) in [6, 6.07) is 4.30. The zero-order valence-corrected chi connectivity index (χ0v) is 13.2. The van der Waals surface area contributed by atoms with Crippen molar-refractivity contribution in [2.45, 2.75) is 27.2 Å². The summed E-state index contributed by atoms with van der Waals surface area (Å²) >= 11 is 5.87. The van der Waals surface area contributed by atoms with E-state index in [0.717, 1.165) is 0 Å². The van der Waals surface area contributed by atoms with Crippen molar-refractivity contribution >= 4 is 29.2 Å². The average Bonchev–Trinajstić information content (AvgIpc) is 2.34. The van der Waals surface area contributed by atoms with E-state index >= 15 is 0 Å². The second-order valence-corrected chi connectivity index (χ2v) is 6.59. The number of amides is 1. The summed E-state index contributed by atoms with van der Waals surface area (Å²) in [5.74, 6) is -1.60. The van der Waals surface area contributed by atoms with Crippen molar-refractivity contribution in [3.8, 4) is 0 Å². The zero-order valence-electron chi connectivity index (χ0n) is 12.4. The van der Waals surface area contributed by atoms with E-state index in [0.29, 0.717) is 12.1 Å². The lowest BCUT2D eigenvalue weighted by atomic mass is 9.84. The van der Waals surface area contributed by atoms with Crippen LogP contribution in [-0.2, 0) is 4.79 Å². The van der Waals surface area contributed by atoms with Crippen molar-refractivity contribution in [3.63, 3.8) is 0 Å². The fraction of sp³-hybridized carbons (Fsp3) is 0.467. The standard InChI is InChI=1S/C15H21ClN2O3/c1-15(2,3)7-9(8-17)13(19)18-10-4-5-11(14(20)21)12(16)6-10/h4-6,9H,7-8,17H2,1-3H3,(H,18,19)(H,20,21). The van der Waals surface area contributed by atoms with Crippen molar-refractivity contribution in [1.29, 1.82) is 0 Å². The van der Waals surface area contributed by atoms with E-state index in [1.807, 2.05) is 20.8 Å². The number of benzene rings is 1. The van der Waals surface area contributed by atoms with Crippen molar-refractivity contribution in [2.75, 3.05) is 11.9 Å². The summed E-state index contributed by atoms with van der Waals surface area (Å²) in [4.78, 5) is 23.1. The largest absolute Gasteiger partial charge is 0.478 e. The monoisotopic (exact) mass is 312 g/mol. The van der Waals surface area contributed by atoms with Gasteiger partial charge in [-0.25, -0.2) is 4.79 Å². The van der Waals surface area contributed by atoms with Crippen molar-refractivity contribution in [2.24, 2.45) is 17.1 Å². The molecule has 1 aromatic carbocycles. The highest BCUT2D eigenvalue weighted by molar-refractivity contribution is 6.33. The van der Waals surface area contributed by atoms with Crippen molar-refractivity contribution in [3.05, 3.63) is 28.8 Å². The lowest BCUT2D eigenvalue weighted by Crippen LogP contribution is -2.32. The highest BCUT2D eigenvalue weighted by Crippen LogP contribution is 2.26. The Labute approximate surface area is 129 Å². The molecule has 0 saturated heterocycles. The van der Waals surface area contributed by atoms with Crippen LogP contribution in [0, 0.1) is 11.3 Å². The van der Waals surface area contributed by atoms with Crippen LogP contribution in [0.2, 0.25) is 5.02 Å². The first-order chi connectivity index (χ1) is 9.64. The van der Waals surface area contributed by atoms with Crippen LogP contribution in [0.15, 0.2) is 18.2 Å². The van der Waals surface area contributed by atoms with Gasteiger partial charge in [-0.05, 0) is 30.0 Å². The Bertz CT molecular complexity index is 538. The third-order valence-electron chi connectivity index (χ3n) is 2.98. The smallest absolute Gasteiger partial charge is 0.337 e. The summed E-state index contributed by atoms with van der Waals surface area (Å²) < 4.78 is 0. The van der Waals surface area contributed by atoms with Gasteiger partial charge in [-0.1, -0.05) is 32.4 Å².